The van der Waals surface area contributed by atoms with Gasteiger partial charge in [0.05, 0.1) is 17.7 Å². The minimum Gasteiger partial charge on any atom is -0.356 e. The maximum atomic E-state index is 13.4. The van der Waals surface area contributed by atoms with E-state index in [4.69, 9.17) is 4.52 Å². The summed E-state index contributed by atoms with van der Waals surface area (Å²) in [6.07, 6.45) is 8.57. The van der Waals surface area contributed by atoms with Crippen molar-refractivity contribution in [2.75, 3.05) is 24.6 Å². The molecular formula is C23H26FN3O2S. The highest BCUT2D eigenvalue weighted by Gasteiger charge is 2.38. The molecule has 1 aromatic carbocycles. The van der Waals surface area contributed by atoms with E-state index < -0.39 is 0 Å². The van der Waals surface area contributed by atoms with Crippen molar-refractivity contribution in [2.45, 2.75) is 43.6 Å². The van der Waals surface area contributed by atoms with Crippen molar-refractivity contribution >= 4 is 28.6 Å². The molecule has 0 bridgehead atoms. The summed E-state index contributed by atoms with van der Waals surface area (Å²) in [6, 6.07) is 8.68. The number of hydrogen-bond acceptors (Lipinski definition) is 4. The summed E-state index contributed by atoms with van der Waals surface area (Å²) in [5.41, 5.74) is 1.30. The van der Waals surface area contributed by atoms with Gasteiger partial charge >= 0.3 is 0 Å². The van der Waals surface area contributed by atoms with Crippen molar-refractivity contribution in [3.63, 3.8) is 0 Å². The molecule has 7 heteroatoms. The maximum absolute atomic E-state index is 13.4. The number of nitrogens with zero attached hydrogens (tertiary/aromatic N) is 3. The highest BCUT2D eigenvalue weighted by molar-refractivity contribution is 7.99. The molecule has 2 aliphatic rings. The number of benzene rings is 1. The minimum atomic E-state index is -0.316. The Morgan fingerprint density at radius 2 is 1.93 bits per heavy atom. The van der Waals surface area contributed by atoms with Gasteiger partial charge in [-0.3, -0.25) is 4.79 Å². The summed E-state index contributed by atoms with van der Waals surface area (Å²) in [5.74, 6) is 2.38. The van der Waals surface area contributed by atoms with E-state index in [2.05, 4.69) is 22.1 Å². The summed E-state index contributed by atoms with van der Waals surface area (Å²) < 4.78 is 21.0. The molecule has 2 saturated heterocycles. The quantitative estimate of drug-likeness (QED) is 0.601. The minimum absolute atomic E-state index is 0.0882. The van der Waals surface area contributed by atoms with Crippen LogP contribution in [0.5, 0.6) is 0 Å². The fourth-order valence-electron chi connectivity index (χ4n) is 4.95. The van der Waals surface area contributed by atoms with E-state index in [1.165, 1.54) is 12.1 Å². The molecule has 0 aliphatic carbocycles. The van der Waals surface area contributed by atoms with Gasteiger partial charge < -0.3 is 14.0 Å². The van der Waals surface area contributed by atoms with E-state index >= 15 is 0 Å². The highest BCUT2D eigenvalue weighted by atomic mass is 32.2. The number of rotatable bonds is 4. The van der Waals surface area contributed by atoms with Crippen LogP contribution in [-0.4, -0.2) is 45.1 Å². The summed E-state index contributed by atoms with van der Waals surface area (Å²) in [4.78, 5) is 15.3. The third-order valence-corrected chi connectivity index (χ3v) is 7.74. The molecule has 158 valence electrons. The van der Waals surface area contributed by atoms with Gasteiger partial charge in [0.2, 0.25) is 5.91 Å². The van der Waals surface area contributed by atoms with Crippen LogP contribution < -0.4 is 0 Å². The van der Waals surface area contributed by atoms with Gasteiger partial charge in [0.15, 0.2) is 5.58 Å². The van der Waals surface area contributed by atoms with Gasteiger partial charge in [-0.1, -0.05) is 5.16 Å². The standard InChI is InChI=1S/C23H26FN3O2S/c24-18-3-4-19-20(15-18)29-25-22(19)17-5-11-26(12-6-17)21(28)16-23(7-13-30-14-8-23)27-9-1-2-10-27/h1-4,9-10,15,17H,5-8,11-14,16H2. The summed E-state index contributed by atoms with van der Waals surface area (Å²) in [6.45, 7) is 1.46. The molecule has 5 rings (SSSR count). The van der Waals surface area contributed by atoms with E-state index in [1.54, 1.807) is 6.07 Å². The Bertz CT molecular complexity index is 1020. The molecule has 2 aliphatic heterocycles. The van der Waals surface area contributed by atoms with Crippen molar-refractivity contribution in [1.82, 2.24) is 14.6 Å². The lowest BCUT2D eigenvalue weighted by molar-refractivity contribution is -0.134. The fourth-order valence-corrected chi connectivity index (χ4v) is 6.20. The van der Waals surface area contributed by atoms with E-state index in [0.29, 0.717) is 12.0 Å². The van der Waals surface area contributed by atoms with Crippen molar-refractivity contribution in [2.24, 2.45) is 0 Å². The van der Waals surface area contributed by atoms with E-state index in [1.807, 2.05) is 28.8 Å². The predicted octanol–water partition coefficient (Wildman–Crippen LogP) is 4.79. The number of piperidine rings is 1. The van der Waals surface area contributed by atoms with Crippen molar-refractivity contribution in [1.29, 1.82) is 0 Å². The summed E-state index contributed by atoms with van der Waals surface area (Å²) >= 11 is 1.98. The van der Waals surface area contributed by atoms with Crippen LogP contribution in [0.25, 0.3) is 11.0 Å². The lowest BCUT2D eigenvalue weighted by Crippen LogP contribution is -2.45. The Balaban J connectivity index is 1.26. The Kier molecular flexibility index (Phi) is 5.31. The van der Waals surface area contributed by atoms with E-state index in [9.17, 15) is 9.18 Å². The average molecular weight is 428 g/mol. The first-order valence-electron chi connectivity index (χ1n) is 10.7. The number of carbonyl (C=O) groups excluding carboxylic acids is 1. The second kappa shape index (κ2) is 8.10. The van der Waals surface area contributed by atoms with Crippen LogP contribution in [0, 0.1) is 5.82 Å². The number of amides is 1. The number of thioether (sulfide) groups is 1. The third-order valence-electron chi connectivity index (χ3n) is 6.75. The van der Waals surface area contributed by atoms with Gasteiger partial charge in [-0.15, -0.1) is 0 Å². The fraction of sp³-hybridized carbons (Fsp3) is 0.478. The Morgan fingerprint density at radius 3 is 2.67 bits per heavy atom. The van der Waals surface area contributed by atoms with Crippen LogP contribution >= 0.6 is 11.8 Å². The molecule has 0 unspecified atom stereocenters. The summed E-state index contributed by atoms with van der Waals surface area (Å²) in [7, 11) is 0. The Morgan fingerprint density at radius 1 is 1.20 bits per heavy atom. The zero-order valence-corrected chi connectivity index (χ0v) is 17.7. The number of fused-ring (bicyclic) bond motifs is 1. The zero-order valence-electron chi connectivity index (χ0n) is 16.9. The Hall–Kier alpha value is -2.28. The maximum Gasteiger partial charge on any atom is 0.224 e. The first kappa shape index (κ1) is 19.7. The van der Waals surface area contributed by atoms with Crippen LogP contribution in [0.3, 0.4) is 0 Å². The number of halogens is 1. The van der Waals surface area contributed by atoms with Crippen molar-refractivity contribution in [3.8, 4) is 0 Å². The largest absolute Gasteiger partial charge is 0.356 e. The topological polar surface area (TPSA) is 51.3 Å². The molecule has 2 aromatic heterocycles. The lowest BCUT2D eigenvalue weighted by atomic mass is 9.86. The average Bonchev–Trinajstić information content (AvgIpc) is 3.45. The zero-order chi connectivity index (χ0) is 20.6. The second-order valence-corrected chi connectivity index (χ2v) is 9.69. The highest BCUT2D eigenvalue weighted by Crippen LogP contribution is 2.38. The van der Waals surface area contributed by atoms with Crippen LogP contribution in [-0.2, 0) is 10.3 Å². The molecule has 4 heterocycles. The van der Waals surface area contributed by atoms with Gasteiger partial charge in [-0.25, -0.2) is 4.39 Å². The van der Waals surface area contributed by atoms with Crippen molar-refractivity contribution < 1.29 is 13.7 Å². The van der Waals surface area contributed by atoms with Gasteiger partial charge in [0.1, 0.15) is 5.82 Å². The van der Waals surface area contributed by atoms with E-state index in [-0.39, 0.29) is 23.2 Å². The molecule has 0 saturated carbocycles. The molecule has 1 amide bonds. The van der Waals surface area contributed by atoms with Gasteiger partial charge in [0, 0.05) is 42.9 Å². The number of likely N-dealkylation sites (tertiary alicyclic amines) is 1. The summed E-state index contributed by atoms with van der Waals surface area (Å²) in [5, 5.41) is 5.10. The SMILES string of the molecule is O=C(CC1(n2cccc2)CCSCC1)N1CCC(c2noc3cc(F)ccc23)CC1. The molecule has 0 radical (unpaired) electrons. The molecule has 2 fully saturated rings. The van der Waals surface area contributed by atoms with Gasteiger partial charge in [-0.2, -0.15) is 11.8 Å². The second-order valence-electron chi connectivity index (χ2n) is 8.47. The van der Waals surface area contributed by atoms with E-state index in [0.717, 1.165) is 61.4 Å². The van der Waals surface area contributed by atoms with Gasteiger partial charge in [0.25, 0.3) is 0 Å². The molecule has 0 N–H and O–H groups in total. The first-order chi connectivity index (χ1) is 14.6. The molecule has 5 nitrogen and oxygen atoms in total. The molecule has 0 atom stereocenters. The monoisotopic (exact) mass is 427 g/mol. The smallest absolute Gasteiger partial charge is 0.224 e. The predicted molar refractivity (Wildman–Crippen MR) is 116 cm³/mol. The lowest BCUT2D eigenvalue weighted by Gasteiger charge is -2.40. The van der Waals surface area contributed by atoms with Crippen LogP contribution in [0.2, 0.25) is 0 Å². The van der Waals surface area contributed by atoms with Crippen molar-refractivity contribution in [3.05, 3.63) is 54.2 Å². The molecule has 0 spiro atoms. The van der Waals surface area contributed by atoms with Crippen LogP contribution in [0.4, 0.5) is 4.39 Å². The Labute approximate surface area is 179 Å². The number of carbonyl (C=O) groups is 1. The van der Waals surface area contributed by atoms with Crippen LogP contribution in [0.1, 0.15) is 43.7 Å². The first-order valence-corrected chi connectivity index (χ1v) is 11.8. The van der Waals surface area contributed by atoms with Crippen LogP contribution in [0.15, 0.2) is 47.2 Å². The normalized spacial score (nSPS) is 20.0. The van der Waals surface area contributed by atoms with Gasteiger partial charge in [-0.05, 0) is 61.5 Å². The number of hydrogen-bond donors (Lipinski definition) is 0. The molecule has 30 heavy (non-hydrogen) atoms. The molecular weight excluding hydrogens is 401 g/mol. The number of aromatic nitrogens is 2. The third kappa shape index (κ3) is 3.64. The molecule has 3 aromatic rings.